The topological polar surface area (TPSA) is 54.0 Å². The Morgan fingerprint density at radius 3 is 2.86 bits per heavy atom. The summed E-state index contributed by atoms with van der Waals surface area (Å²) >= 11 is 1.42. The number of nitrogens with one attached hydrogen (secondary N) is 2. The van der Waals surface area contributed by atoms with E-state index >= 15 is 0 Å². The van der Waals surface area contributed by atoms with E-state index in [1.54, 1.807) is 0 Å². The molecule has 2 aromatic rings. The number of aromatic nitrogens is 1. The summed E-state index contributed by atoms with van der Waals surface area (Å²) in [7, 11) is 0. The molecule has 1 fully saturated rings. The van der Waals surface area contributed by atoms with E-state index in [4.69, 9.17) is 0 Å². The Morgan fingerprint density at radius 2 is 2.14 bits per heavy atom. The summed E-state index contributed by atoms with van der Waals surface area (Å²) in [6, 6.07) is 7.53. The molecule has 0 bridgehead atoms. The molecule has 1 aliphatic rings. The van der Waals surface area contributed by atoms with Crippen molar-refractivity contribution in [2.75, 3.05) is 13.1 Å². The first-order valence-corrected chi connectivity index (χ1v) is 7.66. The second-order valence-electron chi connectivity index (χ2n) is 5.21. The summed E-state index contributed by atoms with van der Waals surface area (Å²) < 4.78 is 39.5. The van der Waals surface area contributed by atoms with Crippen molar-refractivity contribution in [3.05, 3.63) is 29.3 Å². The highest BCUT2D eigenvalue weighted by molar-refractivity contribution is 7.18. The van der Waals surface area contributed by atoms with Crippen molar-refractivity contribution in [2.24, 2.45) is 11.8 Å². The van der Waals surface area contributed by atoms with Crippen molar-refractivity contribution in [1.29, 1.82) is 0 Å². The molecule has 1 aromatic heterocycles. The number of alkyl halides is 3. The third kappa shape index (κ3) is 3.07. The zero-order chi connectivity index (χ0) is 15.7. The van der Waals surface area contributed by atoms with Crippen molar-refractivity contribution in [3.8, 4) is 0 Å². The summed E-state index contributed by atoms with van der Waals surface area (Å²) in [6.07, 6.45) is -4.36. The number of thiazole rings is 1. The molecular weight excluding hydrogens is 315 g/mol. The largest absolute Gasteiger partial charge is 0.393 e. The molecule has 0 unspecified atom stereocenters. The minimum atomic E-state index is -4.36. The molecule has 0 saturated carbocycles. The zero-order valence-electron chi connectivity index (χ0n) is 11.5. The molecule has 22 heavy (non-hydrogen) atoms. The highest BCUT2D eigenvalue weighted by Gasteiger charge is 2.49. The molecular formula is C14H14F3N3OS. The van der Waals surface area contributed by atoms with Gasteiger partial charge in [0.2, 0.25) is 5.91 Å². The highest BCUT2D eigenvalue weighted by Crippen LogP contribution is 2.34. The Kier molecular flexibility index (Phi) is 4.05. The fraction of sp³-hybridized carbons (Fsp3) is 0.429. The molecule has 3 rings (SSSR count). The molecule has 1 amide bonds. The Bertz CT molecular complexity index is 652. The van der Waals surface area contributed by atoms with E-state index in [0.717, 1.165) is 10.2 Å². The van der Waals surface area contributed by atoms with Gasteiger partial charge in [0.1, 0.15) is 5.01 Å². The van der Waals surface area contributed by atoms with Gasteiger partial charge in [-0.3, -0.25) is 4.79 Å². The highest BCUT2D eigenvalue weighted by atomic mass is 32.1. The number of hydrogen-bond donors (Lipinski definition) is 2. The van der Waals surface area contributed by atoms with Crippen LogP contribution in [0.1, 0.15) is 5.01 Å². The number of carbonyl (C=O) groups excluding carboxylic acids is 1. The van der Waals surface area contributed by atoms with E-state index in [9.17, 15) is 18.0 Å². The number of halogens is 3. The maximum absolute atomic E-state index is 12.8. The van der Waals surface area contributed by atoms with Gasteiger partial charge >= 0.3 is 6.18 Å². The Labute approximate surface area is 128 Å². The van der Waals surface area contributed by atoms with E-state index in [1.165, 1.54) is 11.3 Å². The van der Waals surface area contributed by atoms with Crippen LogP contribution >= 0.6 is 11.3 Å². The van der Waals surface area contributed by atoms with Crippen molar-refractivity contribution in [2.45, 2.75) is 12.7 Å². The second kappa shape index (κ2) is 5.85. The lowest BCUT2D eigenvalue weighted by Crippen LogP contribution is -2.39. The molecule has 1 saturated heterocycles. The lowest BCUT2D eigenvalue weighted by molar-refractivity contribution is -0.182. The van der Waals surface area contributed by atoms with Crippen LogP contribution in [0, 0.1) is 11.8 Å². The van der Waals surface area contributed by atoms with E-state index in [-0.39, 0.29) is 19.6 Å². The zero-order valence-corrected chi connectivity index (χ0v) is 12.3. The molecule has 0 aliphatic carbocycles. The van der Waals surface area contributed by atoms with Gasteiger partial charge in [-0.05, 0) is 12.1 Å². The van der Waals surface area contributed by atoms with Crippen LogP contribution in [-0.4, -0.2) is 30.2 Å². The maximum Gasteiger partial charge on any atom is 0.393 e. The van der Waals surface area contributed by atoms with Crippen LogP contribution in [0.5, 0.6) is 0 Å². The lowest BCUT2D eigenvalue weighted by atomic mass is 9.94. The molecule has 2 heterocycles. The normalized spacial score (nSPS) is 22.1. The SMILES string of the molecule is O=C(NCc1nc2ccccc2s1)[C@@H]1CNC[C@H]1C(F)(F)F. The molecule has 2 atom stereocenters. The van der Waals surface area contributed by atoms with Gasteiger partial charge in [-0.25, -0.2) is 4.98 Å². The fourth-order valence-electron chi connectivity index (χ4n) is 2.59. The molecule has 0 spiro atoms. The van der Waals surface area contributed by atoms with Crippen LogP contribution in [-0.2, 0) is 11.3 Å². The Morgan fingerprint density at radius 1 is 1.36 bits per heavy atom. The number of nitrogens with zero attached hydrogens (tertiary/aromatic N) is 1. The molecule has 1 aromatic carbocycles. The molecule has 0 radical (unpaired) electrons. The summed E-state index contributed by atoms with van der Waals surface area (Å²) in [5, 5.41) is 5.89. The number of amides is 1. The first-order chi connectivity index (χ1) is 10.4. The number of para-hydroxylation sites is 1. The maximum atomic E-state index is 12.8. The standard InChI is InChI=1S/C14H14F3N3OS/c15-14(16,17)9-6-18-5-8(9)13(21)19-7-12-20-10-3-1-2-4-11(10)22-12/h1-4,8-9,18H,5-7H2,(H,19,21)/t8-,9-/m1/s1. The number of fused-ring (bicyclic) bond motifs is 1. The van der Waals surface area contributed by atoms with Crippen LogP contribution in [0.3, 0.4) is 0 Å². The van der Waals surface area contributed by atoms with E-state index < -0.39 is 23.9 Å². The third-order valence-corrected chi connectivity index (χ3v) is 4.76. The average molecular weight is 329 g/mol. The quantitative estimate of drug-likeness (QED) is 0.909. The predicted octanol–water partition coefficient (Wildman–Crippen LogP) is 2.31. The van der Waals surface area contributed by atoms with E-state index in [0.29, 0.717) is 5.01 Å². The van der Waals surface area contributed by atoms with Crippen molar-refractivity contribution >= 4 is 27.5 Å². The molecule has 1 aliphatic heterocycles. The van der Waals surface area contributed by atoms with Gasteiger partial charge in [0.25, 0.3) is 0 Å². The Hall–Kier alpha value is -1.67. The van der Waals surface area contributed by atoms with Gasteiger partial charge < -0.3 is 10.6 Å². The first kappa shape index (κ1) is 15.2. The number of carbonyl (C=O) groups is 1. The van der Waals surface area contributed by atoms with Gasteiger partial charge in [0, 0.05) is 13.1 Å². The third-order valence-electron chi connectivity index (χ3n) is 3.72. The summed E-state index contributed by atoms with van der Waals surface area (Å²) in [5.41, 5.74) is 0.826. The van der Waals surface area contributed by atoms with Crippen LogP contribution < -0.4 is 10.6 Å². The number of rotatable bonds is 3. The summed E-state index contributed by atoms with van der Waals surface area (Å²) in [4.78, 5) is 16.4. The summed E-state index contributed by atoms with van der Waals surface area (Å²) in [5.74, 6) is -3.27. The van der Waals surface area contributed by atoms with Gasteiger partial charge in [0.15, 0.2) is 0 Å². The second-order valence-corrected chi connectivity index (χ2v) is 6.32. The first-order valence-electron chi connectivity index (χ1n) is 6.85. The van der Waals surface area contributed by atoms with Gasteiger partial charge in [-0.1, -0.05) is 12.1 Å². The molecule has 118 valence electrons. The monoisotopic (exact) mass is 329 g/mol. The molecule has 8 heteroatoms. The van der Waals surface area contributed by atoms with Crippen LogP contribution in [0.25, 0.3) is 10.2 Å². The molecule has 4 nitrogen and oxygen atoms in total. The minimum absolute atomic E-state index is 0.0514. The van der Waals surface area contributed by atoms with E-state index in [2.05, 4.69) is 15.6 Å². The number of hydrogen-bond acceptors (Lipinski definition) is 4. The minimum Gasteiger partial charge on any atom is -0.349 e. The van der Waals surface area contributed by atoms with Gasteiger partial charge in [0.05, 0.1) is 28.6 Å². The smallest absolute Gasteiger partial charge is 0.349 e. The van der Waals surface area contributed by atoms with Crippen molar-refractivity contribution in [3.63, 3.8) is 0 Å². The van der Waals surface area contributed by atoms with Crippen molar-refractivity contribution < 1.29 is 18.0 Å². The molecule has 2 N–H and O–H groups in total. The van der Waals surface area contributed by atoms with Crippen LogP contribution in [0.15, 0.2) is 24.3 Å². The average Bonchev–Trinajstić information content (AvgIpc) is 3.10. The predicted molar refractivity (Wildman–Crippen MR) is 77.4 cm³/mol. The fourth-order valence-corrected chi connectivity index (χ4v) is 3.49. The van der Waals surface area contributed by atoms with Crippen molar-refractivity contribution in [1.82, 2.24) is 15.6 Å². The van der Waals surface area contributed by atoms with Crippen LogP contribution in [0.4, 0.5) is 13.2 Å². The van der Waals surface area contributed by atoms with Crippen LogP contribution in [0.2, 0.25) is 0 Å². The van der Waals surface area contributed by atoms with Gasteiger partial charge in [-0.2, -0.15) is 13.2 Å². The Balaban J connectivity index is 1.64. The number of benzene rings is 1. The lowest BCUT2D eigenvalue weighted by Gasteiger charge is -2.20. The van der Waals surface area contributed by atoms with E-state index in [1.807, 2.05) is 24.3 Å². The summed E-state index contributed by atoms with van der Waals surface area (Å²) in [6.45, 7) is -0.00215. The van der Waals surface area contributed by atoms with Gasteiger partial charge in [-0.15, -0.1) is 11.3 Å².